The summed E-state index contributed by atoms with van der Waals surface area (Å²) in [5.41, 5.74) is 2.52. The first-order chi connectivity index (χ1) is 10.2. The maximum Gasteiger partial charge on any atom is 0.0521 e. The Hall–Kier alpha value is -1.32. The highest BCUT2D eigenvalue weighted by Gasteiger charge is 2.14. The van der Waals surface area contributed by atoms with Crippen molar-refractivity contribution >= 4 is 11.6 Å². The molecular weight excluding hydrogens is 282 g/mol. The van der Waals surface area contributed by atoms with Gasteiger partial charge in [-0.3, -0.25) is 4.68 Å². The third-order valence-corrected chi connectivity index (χ3v) is 4.05. The predicted molar refractivity (Wildman–Crippen MR) is 88.9 cm³/mol. The van der Waals surface area contributed by atoms with Gasteiger partial charge >= 0.3 is 0 Å². The van der Waals surface area contributed by atoms with E-state index >= 15 is 0 Å². The average Bonchev–Trinajstić information content (AvgIpc) is 2.89. The van der Waals surface area contributed by atoms with E-state index in [1.54, 1.807) is 0 Å². The zero-order valence-corrected chi connectivity index (χ0v) is 13.6. The fourth-order valence-corrected chi connectivity index (χ4v) is 2.86. The molecule has 4 heteroatoms. The van der Waals surface area contributed by atoms with Crippen LogP contribution >= 0.6 is 11.6 Å². The Morgan fingerprint density at radius 3 is 2.81 bits per heavy atom. The van der Waals surface area contributed by atoms with Crippen molar-refractivity contribution in [1.29, 1.82) is 0 Å². The highest BCUT2D eigenvalue weighted by atomic mass is 35.5. The van der Waals surface area contributed by atoms with E-state index in [9.17, 15) is 0 Å². The van der Waals surface area contributed by atoms with E-state index in [0.29, 0.717) is 5.92 Å². The van der Waals surface area contributed by atoms with Crippen molar-refractivity contribution in [2.45, 2.75) is 32.1 Å². The molecule has 1 unspecified atom stereocenters. The van der Waals surface area contributed by atoms with Gasteiger partial charge in [-0.1, -0.05) is 36.7 Å². The number of rotatable bonds is 8. The smallest absolute Gasteiger partial charge is 0.0521 e. The first-order valence-corrected chi connectivity index (χ1v) is 8.01. The minimum Gasteiger partial charge on any atom is -0.316 e. The molecule has 3 nitrogen and oxygen atoms in total. The molecule has 114 valence electrons. The third-order valence-electron chi connectivity index (χ3n) is 3.70. The molecule has 0 radical (unpaired) electrons. The van der Waals surface area contributed by atoms with Gasteiger partial charge in [0.2, 0.25) is 0 Å². The van der Waals surface area contributed by atoms with E-state index < -0.39 is 0 Å². The van der Waals surface area contributed by atoms with Crippen LogP contribution in [0.1, 0.15) is 36.8 Å². The van der Waals surface area contributed by atoms with Crippen molar-refractivity contribution in [1.82, 2.24) is 15.1 Å². The van der Waals surface area contributed by atoms with E-state index in [0.717, 1.165) is 37.4 Å². The van der Waals surface area contributed by atoms with Gasteiger partial charge in [-0.15, -0.1) is 0 Å². The van der Waals surface area contributed by atoms with E-state index in [-0.39, 0.29) is 0 Å². The molecule has 21 heavy (non-hydrogen) atoms. The summed E-state index contributed by atoms with van der Waals surface area (Å²) in [5.74, 6) is 0.436. The van der Waals surface area contributed by atoms with Crippen LogP contribution in [0.3, 0.4) is 0 Å². The minimum atomic E-state index is 0.436. The van der Waals surface area contributed by atoms with E-state index in [1.165, 1.54) is 11.1 Å². The molecule has 1 N–H and O–H groups in total. The van der Waals surface area contributed by atoms with Gasteiger partial charge in [0.25, 0.3) is 0 Å². The number of hydrogen-bond donors (Lipinski definition) is 1. The molecule has 0 saturated carbocycles. The predicted octanol–water partition coefficient (Wildman–Crippen LogP) is 3.79. The highest BCUT2D eigenvalue weighted by molar-refractivity contribution is 6.31. The number of aromatic nitrogens is 2. The molecule has 0 saturated heterocycles. The van der Waals surface area contributed by atoms with Gasteiger partial charge in [0.05, 0.1) is 6.20 Å². The zero-order chi connectivity index (χ0) is 15.1. The molecular formula is C17H24ClN3. The molecule has 1 aromatic heterocycles. The highest BCUT2D eigenvalue weighted by Crippen LogP contribution is 2.27. The van der Waals surface area contributed by atoms with Crippen LogP contribution in [0.4, 0.5) is 0 Å². The minimum absolute atomic E-state index is 0.436. The van der Waals surface area contributed by atoms with Crippen molar-refractivity contribution in [2.75, 3.05) is 13.1 Å². The number of aryl methyl sites for hydroxylation is 2. The van der Waals surface area contributed by atoms with Gasteiger partial charge in [-0.25, -0.2) is 0 Å². The lowest BCUT2D eigenvalue weighted by atomic mass is 9.92. The van der Waals surface area contributed by atoms with Gasteiger partial charge in [0.15, 0.2) is 0 Å². The summed E-state index contributed by atoms with van der Waals surface area (Å²) in [6.07, 6.45) is 7.29. The van der Waals surface area contributed by atoms with Crippen LogP contribution in [-0.2, 0) is 13.5 Å². The van der Waals surface area contributed by atoms with E-state index in [2.05, 4.69) is 35.7 Å². The molecule has 1 heterocycles. The normalized spacial score (nSPS) is 12.5. The Balaban J connectivity index is 2.03. The molecule has 1 atom stereocenters. The molecule has 0 spiro atoms. The Labute approximate surface area is 132 Å². The fraction of sp³-hybridized carbons (Fsp3) is 0.471. The van der Waals surface area contributed by atoms with Crippen molar-refractivity contribution in [3.8, 4) is 0 Å². The quantitative estimate of drug-likeness (QED) is 0.752. The first kappa shape index (κ1) is 16.1. The summed E-state index contributed by atoms with van der Waals surface area (Å²) in [6.45, 7) is 4.21. The second-order valence-electron chi connectivity index (χ2n) is 5.48. The molecule has 0 amide bonds. The van der Waals surface area contributed by atoms with Gasteiger partial charge < -0.3 is 5.32 Å². The molecule has 2 aromatic rings. The van der Waals surface area contributed by atoms with E-state index in [1.807, 2.05) is 30.1 Å². The standard InChI is InChI=1S/C17H24ClN3/c1-3-10-19-12-15(16-6-4-5-7-17(16)18)9-8-14-11-20-21(2)13-14/h4-7,11,13,15,19H,3,8-10,12H2,1-2H3. The first-order valence-electron chi connectivity index (χ1n) is 7.63. The maximum absolute atomic E-state index is 6.37. The van der Waals surface area contributed by atoms with Crippen LogP contribution in [0, 0.1) is 0 Å². The summed E-state index contributed by atoms with van der Waals surface area (Å²) in [4.78, 5) is 0. The molecule has 0 aliphatic heterocycles. The van der Waals surface area contributed by atoms with Crippen molar-refractivity contribution < 1.29 is 0 Å². The largest absolute Gasteiger partial charge is 0.316 e. The Kier molecular flexibility index (Phi) is 6.27. The maximum atomic E-state index is 6.37. The van der Waals surface area contributed by atoms with Crippen LogP contribution in [0.5, 0.6) is 0 Å². The molecule has 0 bridgehead atoms. The summed E-state index contributed by atoms with van der Waals surface area (Å²) in [6, 6.07) is 8.18. The average molecular weight is 306 g/mol. The van der Waals surface area contributed by atoms with E-state index in [4.69, 9.17) is 11.6 Å². The summed E-state index contributed by atoms with van der Waals surface area (Å²) >= 11 is 6.37. The Morgan fingerprint density at radius 2 is 2.14 bits per heavy atom. The van der Waals surface area contributed by atoms with Gasteiger partial charge in [0, 0.05) is 24.8 Å². The fourth-order valence-electron chi connectivity index (χ4n) is 2.57. The molecule has 0 fully saturated rings. The zero-order valence-electron chi connectivity index (χ0n) is 12.8. The van der Waals surface area contributed by atoms with Gasteiger partial charge in [0.1, 0.15) is 0 Å². The Morgan fingerprint density at radius 1 is 1.33 bits per heavy atom. The van der Waals surface area contributed by atoms with Crippen LogP contribution in [-0.4, -0.2) is 22.9 Å². The van der Waals surface area contributed by atoms with Crippen LogP contribution < -0.4 is 5.32 Å². The lowest BCUT2D eigenvalue weighted by molar-refractivity contribution is 0.548. The molecule has 1 aromatic carbocycles. The molecule has 2 rings (SSSR count). The lowest BCUT2D eigenvalue weighted by Gasteiger charge is -2.19. The Bertz CT molecular complexity index is 550. The third kappa shape index (κ3) is 4.87. The van der Waals surface area contributed by atoms with Crippen molar-refractivity contribution in [3.63, 3.8) is 0 Å². The lowest BCUT2D eigenvalue weighted by Crippen LogP contribution is -2.23. The molecule has 0 aliphatic rings. The second kappa shape index (κ2) is 8.20. The van der Waals surface area contributed by atoms with Gasteiger partial charge in [-0.05, 0) is 48.9 Å². The topological polar surface area (TPSA) is 29.9 Å². The monoisotopic (exact) mass is 305 g/mol. The second-order valence-corrected chi connectivity index (χ2v) is 5.89. The number of nitrogens with one attached hydrogen (secondary N) is 1. The number of hydrogen-bond acceptors (Lipinski definition) is 2. The SMILES string of the molecule is CCCNCC(CCc1cnn(C)c1)c1ccccc1Cl. The molecule has 0 aliphatic carbocycles. The summed E-state index contributed by atoms with van der Waals surface area (Å²) in [7, 11) is 1.96. The van der Waals surface area contributed by atoms with Crippen molar-refractivity contribution in [3.05, 3.63) is 52.8 Å². The van der Waals surface area contributed by atoms with Crippen LogP contribution in [0.25, 0.3) is 0 Å². The van der Waals surface area contributed by atoms with Crippen LogP contribution in [0.15, 0.2) is 36.7 Å². The number of nitrogens with zero attached hydrogens (tertiary/aromatic N) is 2. The van der Waals surface area contributed by atoms with Crippen molar-refractivity contribution in [2.24, 2.45) is 7.05 Å². The number of benzene rings is 1. The van der Waals surface area contributed by atoms with Gasteiger partial charge in [-0.2, -0.15) is 5.10 Å². The van der Waals surface area contributed by atoms with Crippen LogP contribution in [0.2, 0.25) is 5.02 Å². The summed E-state index contributed by atoms with van der Waals surface area (Å²) < 4.78 is 1.86. The summed E-state index contributed by atoms with van der Waals surface area (Å²) in [5, 5.41) is 8.63. The number of halogens is 1.